The van der Waals surface area contributed by atoms with Crippen LogP contribution in [0.3, 0.4) is 0 Å². The van der Waals surface area contributed by atoms with Crippen LogP contribution in [-0.2, 0) is 5.41 Å². The molecule has 0 bridgehead atoms. The Bertz CT molecular complexity index is 2620. The predicted octanol–water partition coefficient (Wildman–Crippen LogP) is 14.1. The number of para-hydroxylation sites is 1. The monoisotopic (exact) mass is 649 g/mol. The molecule has 0 N–H and O–H groups in total. The maximum atomic E-state index is 6.66. The predicted molar refractivity (Wildman–Crippen MR) is 211 cm³/mol. The molecule has 0 aliphatic carbocycles. The average molecular weight is 650 g/mol. The Balaban J connectivity index is 1.20. The molecule has 0 amide bonds. The highest BCUT2D eigenvalue weighted by Gasteiger charge is 2.24. The molecule has 2 heterocycles. The van der Waals surface area contributed by atoms with Crippen LogP contribution in [0.25, 0.3) is 64.4 Å². The van der Waals surface area contributed by atoms with Gasteiger partial charge in [0.25, 0.3) is 0 Å². The minimum absolute atomic E-state index is 0.0470. The van der Waals surface area contributed by atoms with Gasteiger partial charge >= 0.3 is 0 Å². The first-order valence-corrected chi connectivity index (χ1v) is 17.7. The molecule has 0 spiro atoms. The number of anilines is 3. The highest BCUT2D eigenvalue weighted by Crippen LogP contribution is 2.45. The van der Waals surface area contributed by atoms with Gasteiger partial charge in [-0.15, -0.1) is 11.3 Å². The molecule has 0 saturated carbocycles. The highest BCUT2D eigenvalue weighted by atomic mass is 32.1. The standard InChI is InChI=1S/C46H35NOS/c1-46(2,3)39-15-9-14-37-44-40(16-10-17-41(44)48-45(37)39)47(34-24-19-31(20-25-34)30-11-5-4-6-12-30)35-26-21-32(22-27-35)33-23-28-43-38(29-33)36-13-7-8-18-42(36)49-43/h4-29H,1-3H3. The Morgan fingerprint density at radius 3 is 1.82 bits per heavy atom. The molecule has 7 aromatic carbocycles. The summed E-state index contributed by atoms with van der Waals surface area (Å²) in [7, 11) is 0. The summed E-state index contributed by atoms with van der Waals surface area (Å²) >= 11 is 1.86. The summed E-state index contributed by atoms with van der Waals surface area (Å²) in [5.74, 6) is 0. The molecule has 0 aliphatic heterocycles. The second-order valence-electron chi connectivity index (χ2n) is 13.8. The van der Waals surface area contributed by atoms with Gasteiger partial charge in [0, 0.05) is 42.5 Å². The topological polar surface area (TPSA) is 16.4 Å². The minimum atomic E-state index is -0.0470. The summed E-state index contributed by atoms with van der Waals surface area (Å²) in [6.45, 7) is 6.74. The molecule has 0 atom stereocenters. The van der Waals surface area contributed by atoms with Gasteiger partial charge in [0.2, 0.25) is 0 Å². The number of furan rings is 1. The van der Waals surface area contributed by atoms with Crippen molar-refractivity contribution in [3.63, 3.8) is 0 Å². The van der Waals surface area contributed by atoms with Crippen molar-refractivity contribution in [2.75, 3.05) is 4.90 Å². The molecule has 49 heavy (non-hydrogen) atoms. The van der Waals surface area contributed by atoms with Crippen LogP contribution in [-0.4, -0.2) is 0 Å². The molecular weight excluding hydrogens is 615 g/mol. The van der Waals surface area contributed by atoms with Gasteiger partial charge in [-0.2, -0.15) is 0 Å². The van der Waals surface area contributed by atoms with E-state index in [2.05, 4.69) is 183 Å². The van der Waals surface area contributed by atoms with E-state index in [1.165, 1.54) is 48.0 Å². The van der Waals surface area contributed by atoms with Crippen molar-refractivity contribution in [1.82, 2.24) is 0 Å². The van der Waals surface area contributed by atoms with E-state index in [4.69, 9.17) is 4.42 Å². The lowest BCUT2D eigenvalue weighted by molar-refractivity contribution is 0.573. The first kappa shape index (κ1) is 29.5. The molecule has 9 rings (SSSR count). The van der Waals surface area contributed by atoms with Gasteiger partial charge in [0.1, 0.15) is 11.2 Å². The SMILES string of the molecule is CC(C)(C)c1cccc2c1oc1cccc(N(c3ccc(-c4ccccc4)cc3)c3ccc(-c4ccc5sc6ccccc6c5c4)cc3)c12. The fraction of sp³-hybridized carbons (Fsp3) is 0.0870. The molecule has 0 saturated heterocycles. The van der Waals surface area contributed by atoms with E-state index in [1.54, 1.807) is 0 Å². The van der Waals surface area contributed by atoms with Crippen molar-refractivity contribution in [2.24, 2.45) is 0 Å². The Morgan fingerprint density at radius 2 is 1.08 bits per heavy atom. The average Bonchev–Trinajstić information content (AvgIpc) is 3.71. The Morgan fingerprint density at radius 1 is 0.490 bits per heavy atom. The molecule has 2 aromatic heterocycles. The smallest absolute Gasteiger partial charge is 0.139 e. The van der Waals surface area contributed by atoms with Crippen molar-refractivity contribution in [2.45, 2.75) is 26.2 Å². The summed E-state index contributed by atoms with van der Waals surface area (Å²) in [5.41, 5.74) is 11.1. The zero-order chi connectivity index (χ0) is 33.1. The van der Waals surface area contributed by atoms with Crippen molar-refractivity contribution in [3.05, 3.63) is 163 Å². The maximum Gasteiger partial charge on any atom is 0.139 e. The Labute approximate surface area is 290 Å². The summed E-state index contributed by atoms with van der Waals surface area (Å²) in [6.07, 6.45) is 0. The number of benzene rings is 7. The highest BCUT2D eigenvalue weighted by molar-refractivity contribution is 7.25. The second-order valence-corrected chi connectivity index (χ2v) is 14.9. The lowest BCUT2D eigenvalue weighted by Crippen LogP contribution is -2.11. The van der Waals surface area contributed by atoms with Gasteiger partial charge in [0.15, 0.2) is 0 Å². The second kappa shape index (κ2) is 11.5. The number of rotatable bonds is 5. The molecule has 0 radical (unpaired) electrons. The van der Waals surface area contributed by atoms with Crippen LogP contribution in [0.15, 0.2) is 162 Å². The molecule has 0 fully saturated rings. The fourth-order valence-electron chi connectivity index (χ4n) is 7.18. The van der Waals surface area contributed by atoms with Crippen LogP contribution in [0.4, 0.5) is 17.1 Å². The van der Waals surface area contributed by atoms with Crippen molar-refractivity contribution in [1.29, 1.82) is 0 Å². The van der Waals surface area contributed by atoms with Crippen molar-refractivity contribution < 1.29 is 4.42 Å². The molecular formula is C46H35NOS. The van der Waals surface area contributed by atoms with E-state index in [0.717, 1.165) is 39.0 Å². The molecule has 9 aromatic rings. The van der Waals surface area contributed by atoms with Gasteiger partial charge in [-0.05, 0) is 82.3 Å². The number of thiophene rings is 1. The van der Waals surface area contributed by atoms with Crippen LogP contribution < -0.4 is 4.90 Å². The number of hydrogen-bond donors (Lipinski definition) is 0. The van der Waals surface area contributed by atoms with Gasteiger partial charge in [0.05, 0.1) is 11.1 Å². The molecule has 0 unspecified atom stereocenters. The van der Waals surface area contributed by atoms with E-state index >= 15 is 0 Å². The third-order valence-corrected chi connectivity index (χ3v) is 10.8. The third-order valence-electron chi connectivity index (χ3n) is 9.62. The lowest BCUT2D eigenvalue weighted by Gasteiger charge is -2.26. The molecule has 3 heteroatoms. The number of fused-ring (bicyclic) bond motifs is 6. The first-order chi connectivity index (χ1) is 23.9. The molecule has 0 aliphatic rings. The third kappa shape index (κ3) is 5.10. The summed E-state index contributed by atoms with van der Waals surface area (Å²) in [5, 5.41) is 4.89. The van der Waals surface area contributed by atoms with Crippen LogP contribution >= 0.6 is 11.3 Å². The van der Waals surface area contributed by atoms with Crippen LogP contribution in [0, 0.1) is 0 Å². The van der Waals surface area contributed by atoms with E-state index in [1.807, 2.05) is 11.3 Å². The Hall–Kier alpha value is -5.64. The van der Waals surface area contributed by atoms with Gasteiger partial charge in [-0.1, -0.05) is 124 Å². The van der Waals surface area contributed by atoms with Gasteiger partial charge < -0.3 is 9.32 Å². The summed E-state index contributed by atoms with van der Waals surface area (Å²) < 4.78 is 9.31. The summed E-state index contributed by atoms with van der Waals surface area (Å²) in [4.78, 5) is 2.37. The summed E-state index contributed by atoms with van der Waals surface area (Å²) in [6, 6.07) is 57.0. The van der Waals surface area contributed by atoms with E-state index in [-0.39, 0.29) is 5.41 Å². The van der Waals surface area contributed by atoms with E-state index in [9.17, 15) is 0 Å². The van der Waals surface area contributed by atoms with E-state index < -0.39 is 0 Å². The zero-order valence-electron chi connectivity index (χ0n) is 27.8. The van der Waals surface area contributed by atoms with Crippen LogP contribution in [0.5, 0.6) is 0 Å². The minimum Gasteiger partial charge on any atom is -0.456 e. The Kier molecular flexibility index (Phi) is 6.93. The quantitative estimate of drug-likeness (QED) is 0.184. The lowest BCUT2D eigenvalue weighted by atomic mass is 9.86. The van der Waals surface area contributed by atoms with Gasteiger partial charge in [-0.3, -0.25) is 0 Å². The first-order valence-electron chi connectivity index (χ1n) is 16.8. The van der Waals surface area contributed by atoms with Crippen LogP contribution in [0.1, 0.15) is 26.3 Å². The van der Waals surface area contributed by atoms with Crippen molar-refractivity contribution in [3.8, 4) is 22.3 Å². The van der Waals surface area contributed by atoms with E-state index in [0.29, 0.717) is 0 Å². The molecule has 236 valence electrons. The molecule has 2 nitrogen and oxygen atoms in total. The van der Waals surface area contributed by atoms with Gasteiger partial charge in [-0.25, -0.2) is 0 Å². The zero-order valence-corrected chi connectivity index (χ0v) is 28.6. The normalized spacial score (nSPS) is 12.0. The fourth-order valence-corrected chi connectivity index (χ4v) is 8.26. The number of hydrogen-bond acceptors (Lipinski definition) is 3. The van der Waals surface area contributed by atoms with Crippen molar-refractivity contribution >= 4 is 70.5 Å². The van der Waals surface area contributed by atoms with Crippen LogP contribution in [0.2, 0.25) is 0 Å². The largest absolute Gasteiger partial charge is 0.456 e. The maximum absolute atomic E-state index is 6.66. The number of nitrogens with zero attached hydrogens (tertiary/aromatic N) is 1.